The molecule has 2 fully saturated rings. The van der Waals surface area contributed by atoms with Crippen molar-refractivity contribution < 1.29 is 17.1 Å². The summed E-state index contributed by atoms with van der Waals surface area (Å²) >= 11 is 0. The number of piperidine rings is 1. The van der Waals surface area contributed by atoms with Crippen LogP contribution in [-0.4, -0.2) is 63.6 Å². The number of aromatic nitrogens is 1. The summed E-state index contributed by atoms with van der Waals surface area (Å²) in [6, 6.07) is 8.53. The normalized spacial score (nSPS) is 24.3. The van der Waals surface area contributed by atoms with Crippen molar-refractivity contribution in [3.05, 3.63) is 24.3 Å². The predicted molar refractivity (Wildman–Crippen MR) is 104 cm³/mol. The van der Waals surface area contributed by atoms with E-state index in [1.807, 2.05) is 18.2 Å². The maximum atomic E-state index is 11.1. The van der Waals surface area contributed by atoms with Crippen LogP contribution in [-0.2, 0) is 14.3 Å². The third-order valence-corrected chi connectivity index (χ3v) is 6.34. The van der Waals surface area contributed by atoms with Gasteiger partial charge in [0.25, 0.3) is 10.1 Å². The summed E-state index contributed by atoms with van der Waals surface area (Å²) < 4.78 is 32.5. The number of anilines is 1. The number of hydrogen-bond donors (Lipinski definition) is 0. The van der Waals surface area contributed by atoms with E-state index < -0.39 is 10.1 Å². The van der Waals surface area contributed by atoms with Gasteiger partial charge < -0.3 is 9.42 Å². The van der Waals surface area contributed by atoms with Crippen LogP contribution in [0.15, 0.2) is 28.8 Å². The highest BCUT2D eigenvalue weighted by atomic mass is 32.2. The fourth-order valence-electron chi connectivity index (χ4n) is 4.40. The molecule has 2 unspecified atom stereocenters. The van der Waals surface area contributed by atoms with Gasteiger partial charge >= 0.3 is 0 Å². The third-order valence-electron chi connectivity index (χ3n) is 5.75. The Hall–Kier alpha value is -1.64. The molecule has 0 spiro atoms. The summed E-state index contributed by atoms with van der Waals surface area (Å²) in [6.07, 6.45) is 5.25. The summed E-state index contributed by atoms with van der Waals surface area (Å²) in [4.78, 5) is 4.93. The number of nitrogens with zero attached hydrogens (tertiary/aromatic N) is 3. The molecular formula is C19H27N3O4S. The molecule has 2 aliphatic heterocycles. The van der Waals surface area contributed by atoms with Crippen LogP contribution in [0.1, 0.15) is 25.7 Å². The second-order valence-corrected chi connectivity index (χ2v) is 9.34. The van der Waals surface area contributed by atoms with E-state index in [1.54, 1.807) is 0 Å². The molecule has 0 radical (unpaired) electrons. The number of fused-ring (bicyclic) bond motifs is 2. The lowest BCUT2D eigenvalue weighted by molar-refractivity contribution is 0.0939. The van der Waals surface area contributed by atoms with Gasteiger partial charge in [0, 0.05) is 25.7 Å². The Morgan fingerprint density at radius 2 is 2.11 bits per heavy atom. The summed E-state index contributed by atoms with van der Waals surface area (Å²) in [5.74, 6) is 1.58. The molecule has 0 N–H and O–H groups in total. The van der Waals surface area contributed by atoms with E-state index >= 15 is 0 Å². The zero-order valence-corrected chi connectivity index (χ0v) is 16.5. The molecule has 4 rings (SSSR count). The molecule has 7 nitrogen and oxygen atoms in total. The quantitative estimate of drug-likeness (QED) is 0.551. The maximum Gasteiger partial charge on any atom is 0.264 e. The Morgan fingerprint density at radius 1 is 1.26 bits per heavy atom. The maximum absolute atomic E-state index is 11.1. The van der Waals surface area contributed by atoms with Crippen molar-refractivity contribution in [3.63, 3.8) is 0 Å². The third kappa shape index (κ3) is 4.44. The number of piperazine rings is 1. The van der Waals surface area contributed by atoms with Gasteiger partial charge in [-0.25, -0.2) is 0 Å². The van der Waals surface area contributed by atoms with Crippen molar-refractivity contribution in [3.8, 4) is 0 Å². The Balaban J connectivity index is 1.35. The first-order valence-corrected chi connectivity index (χ1v) is 11.5. The van der Waals surface area contributed by atoms with Gasteiger partial charge in [0.05, 0.1) is 18.2 Å². The minimum Gasteiger partial charge on any atom is -0.354 e. The molecule has 3 heterocycles. The molecule has 2 aliphatic rings. The van der Waals surface area contributed by atoms with Gasteiger partial charge in [-0.2, -0.15) is 8.42 Å². The van der Waals surface area contributed by atoms with Gasteiger partial charge in [0.1, 0.15) is 0 Å². The Labute approximate surface area is 160 Å². The standard InChI is InChI=1S/C19H27N3O4S/c1-27(23,24)25-12-4-5-15-8-9-21-10-11-22(14-16(21)13-15)19-17-6-2-3-7-18(17)26-20-19/h2-3,6-7,15-16H,4-5,8-14H2,1H3. The van der Waals surface area contributed by atoms with Crippen molar-refractivity contribution in [1.82, 2.24) is 10.1 Å². The smallest absolute Gasteiger partial charge is 0.264 e. The van der Waals surface area contributed by atoms with Crippen LogP contribution in [0, 0.1) is 5.92 Å². The Morgan fingerprint density at radius 3 is 2.96 bits per heavy atom. The summed E-state index contributed by atoms with van der Waals surface area (Å²) in [7, 11) is -3.33. The first-order chi connectivity index (χ1) is 13.0. The zero-order valence-electron chi connectivity index (χ0n) is 15.7. The van der Waals surface area contributed by atoms with Gasteiger partial charge in [-0.1, -0.05) is 17.3 Å². The average Bonchev–Trinajstić information content (AvgIpc) is 3.08. The van der Waals surface area contributed by atoms with Crippen LogP contribution in [0.5, 0.6) is 0 Å². The lowest BCUT2D eigenvalue weighted by atomic mass is 9.86. The van der Waals surface area contributed by atoms with Crippen LogP contribution < -0.4 is 4.90 Å². The van der Waals surface area contributed by atoms with E-state index in [4.69, 9.17) is 8.71 Å². The molecule has 2 saturated heterocycles. The van der Waals surface area contributed by atoms with Crippen LogP contribution in [0.2, 0.25) is 0 Å². The van der Waals surface area contributed by atoms with Gasteiger partial charge in [-0.05, 0) is 50.3 Å². The summed E-state index contributed by atoms with van der Waals surface area (Å²) in [5, 5.41) is 5.40. The van der Waals surface area contributed by atoms with E-state index in [9.17, 15) is 8.42 Å². The SMILES string of the molecule is CS(=O)(=O)OCCCC1CCN2CCN(c3noc4ccccc34)CC2C1. The fourth-order valence-corrected chi connectivity index (χ4v) is 4.82. The lowest BCUT2D eigenvalue weighted by Gasteiger charge is -2.46. The number of hydrogen-bond acceptors (Lipinski definition) is 7. The Kier molecular flexibility index (Phi) is 5.39. The highest BCUT2D eigenvalue weighted by Gasteiger charge is 2.34. The molecule has 0 saturated carbocycles. The minimum absolute atomic E-state index is 0.292. The fraction of sp³-hybridized carbons (Fsp3) is 0.632. The molecule has 0 bridgehead atoms. The van der Waals surface area contributed by atoms with Crippen molar-refractivity contribution in [2.45, 2.75) is 31.7 Å². The van der Waals surface area contributed by atoms with Crippen molar-refractivity contribution in [2.24, 2.45) is 5.92 Å². The predicted octanol–water partition coefficient (Wildman–Crippen LogP) is 2.48. The molecule has 148 valence electrons. The highest BCUT2D eigenvalue weighted by molar-refractivity contribution is 7.85. The summed E-state index contributed by atoms with van der Waals surface area (Å²) in [5.41, 5.74) is 0.835. The van der Waals surface area contributed by atoms with Crippen LogP contribution in [0.25, 0.3) is 11.0 Å². The molecule has 2 atom stereocenters. The molecule has 0 aliphatic carbocycles. The molecule has 2 aromatic rings. The number of rotatable bonds is 6. The number of benzene rings is 1. The second-order valence-electron chi connectivity index (χ2n) is 7.70. The van der Waals surface area contributed by atoms with E-state index in [1.165, 1.54) is 6.42 Å². The highest BCUT2D eigenvalue weighted by Crippen LogP contribution is 2.32. The van der Waals surface area contributed by atoms with Crippen molar-refractivity contribution in [2.75, 3.05) is 43.9 Å². The zero-order chi connectivity index (χ0) is 18.9. The van der Waals surface area contributed by atoms with Crippen LogP contribution in [0.3, 0.4) is 0 Å². The van der Waals surface area contributed by atoms with E-state index in [0.717, 1.165) is 68.5 Å². The van der Waals surface area contributed by atoms with Gasteiger partial charge in [-0.15, -0.1) is 0 Å². The van der Waals surface area contributed by atoms with Gasteiger partial charge in [0.2, 0.25) is 0 Å². The molecule has 1 aromatic heterocycles. The van der Waals surface area contributed by atoms with Crippen LogP contribution >= 0.6 is 0 Å². The monoisotopic (exact) mass is 393 g/mol. The largest absolute Gasteiger partial charge is 0.354 e. The summed E-state index contributed by atoms with van der Waals surface area (Å²) in [6.45, 7) is 4.40. The lowest BCUT2D eigenvalue weighted by Crippen LogP contribution is -2.56. The molecule has 8 heteroatoms. The molecule has 27 heavy (non-hydrogen) atoms. The number of para-hydroxylation sites is 1. The van der Waals surface area contributed by atoms with Crippen molar-refractivity contribution >= 4 is 26.9 Å². The molecule has 1 aromatic carbocycles. The van der Waals surface area contributed by atoms with Crippen LogP contribution in [0.4, 0.5) is 5.82 Å². The topological polar surface area (TPSA) is 75.9 Å². The molecule has 0 amide bonds. The van der Waals surface area contributed by atoms with Gasteiger partial charge in [0.15, 0.2) is 11.4 Å². The first-order valence-electron chi connectivity index (χ1n) is 9.67. The van der Waals surface area contributed by atoms with E-state index in [0.29, 0.717) is 18.6 Å². The molecular weight excluding hydrogens is 366 g/mol. The minimum atomic E-state index is -3.33. The van der Waals surface area contributed by atoms with Gasteiger partial charge in [-0.3, -0.25) is 9.08 Å². The first kappa shape index (κ1) is 18.7. The van der Waals surface area contributed by atoms with E-state index in [-0.39, 0.29) is 0 Å². The second kappa shape index (κ2) is 7.77. The Bertz CT molecular complexity index is 882. The van der Waals surface area contributed by atoms with E-state index in [2.05, 4.69) is 21.0 Å². The van der Waals surface area contributed by atoms with Crippen molar-refractivity contribution in [1.29, 1.82) is 0 Å². The average molecular weight is 394 g/mol.